The van der Waals surface area contributed by atoms with Gasteiger partial charge < -0.3 is 14.1 Å². The number of fused-ring (bicyclic) bond motifs is 1. The summed E-state index contributed by atoms with van der Waals surface area (Å²) >= 11 is 5.37. The van der Waals surface area contributed by atoms with Gasteiger partial charge in [0.2, 0.25) is 6.39 Å². The molecule has 3 heterocycles. The molecule has 3 aromatic rings. The van der Waals surface area contributed by atoms with Crippen molar-refractivity contribution in [2.45, 2.75) is 26.3 Å². The molecule has 0 saturated heterocycles. The summed E-state index contributed by atoms with van der Waals surface area (Å²) in [5, 5.41) is 8.29. The molecule has 0 radical (unpaired) electrons. The first-order chi connectivity index (χ1) is 9.20. The summed E-state index contributed by atoms with van der Waals surface area (Å²) in [5.41, 5.74) is 3.05. The highest BCUT2D eigenvalue weighted by molar-refractivity contribution is 7.71. The maximum atomic E-state index is 5.37. The van der Waals surface area contributed by atoms with E-state index in [2.05, 4.69) is 27.1 Å². The third-order valence-corrected chi connectivity index (χ3v) is 3.45. The van der Waals surface area contributed by atoms with Gasteiger partial charge in [-0.15, -0.1) is 0 Å². The summed E-state index contributed by atoms with van der Waals surface area (Å²) in [5.74, 6) is 0.675. The van der Waals surface area contributed by atoms with E-state index >= 15 is 0 Å². The Morgan fingerprint density at radius 2 is 2.32 bits per heavy atom. The fourth-order valence-electron chi connectivity index (χ4n) is 2.25. The van der Waals surface area contributed by atoms with Gasteiger partial charge in [0.1, 0.15) is 5.52 Å². The number of nitrogens with zero attached hydrogens (tertiary/aromatic N) is 5. The molecule has 0 unspecified atom stereocenters. The van der Waals surface area contributed by atoms with E-state index in [1.54, 1.807) is 0 Å². The highest BCUT2D eigenvalue weighted by Crippen LogP contribution is 2.18. The van der Waals surface area contributed by atoms with Crippen LogP contribution in [-0.4, -0.2) is 29.5 Å². The van der Waals surface area contributed by atoms with Crippen LogP contribution in [0.1, 0.15) is 18.4 Å². The fourth-order valence-corrected chi connectivity index (χ4v) is 2.53. The van der Waals surface area contributed by atoms with Gasteiger partial charge in [-0.2, -0.15) is 10.1 Å². The Morgan fingerprint density at radius 1 is 1.47 bits per heavy atom. The Labute approximate surface area is 114 Å². The van der Waals surface area contributed by atoms with Crippen molar-refractivity contribution in [3.05, 3.63) is 22.7 Å². The fraction of sp³-hybridized carbons (Fsp3) is 0.455. The molecule has 0 aliphatic carbocycles. The molecular formula is C11H14N6OS. The number of aryl methyl sites for hydroxylation is 4. The summed E-state index contributed by atoms with van der Waals surface area (Å²) in [6.45, 7) is 2.77. The molecule has 8 heteroatoms. The van der Waals surface area contributed by atoms with E-state index in [9.17, 15) is 0 Å². The van der Waals surface area contributed by atoms with Gasteiger partial charge in [-0.3, -0.25) is 4.68 Å². The van der Waals surface area contributed by atoms with Crippen molar-refractivity contribution < 1.29 is 4.52 Å². The minimum Gasteiger partial charge on any atom is -0.343 e. The zero-order chi connectivity index (χ0) is 13.4. The standard InChI is InChI=1S/C11H14N6OS/c1-3-7-9-10(16(2)14-7)17(11(19)13-9)5-4-8-12-6-18-15-8/h6H,3-5H2,1-2H3,(H,13,19). The van der Waals surface area contributed by atoms with Gasteiger partial charge in [-0.05, 0) is 18.6 Å². The van der Waals surface area contributed by atoms with Gasteiger partial charge in [0.05, 0.1) is 5.69 Å². The third kappa shape index (κ3) is 1.97. The number of hydrogen-bond acceptors (Lipinski definition) is 5. The number of rotatable bonds is 4. The summed E-state index contributed by atoms with van der Waals surface area (Å²) in [6.07, 6.45) is 2.88. The Balaban J connectivity index is 2.00. The molecule has 0 amide bonds. The van der Waals surface area contributed by atoms with Crippen molar-refractivity contribution in [2.75, 3.05) is 0 Å². The molecule has 3 rings (SSSR count). The van der Waals surface area contributed by atoms with E-state index in [4.69, 9.17) is 16.7 Å². The summed E-state index contributed by atoms with van der Waals surface area (Å²) < 4.78 is 9.30. The number of aromatic nitrogens is 6. The van der Waals surface area contributed by atoms with Gasteiger partial charge in [-0.1, -0.05) is 12.1 Å². The van der Waals surface area contributed by atoms with Crippen molar-refractivity contribution in [1.29, 1.82) is 0 Å². The molecule has 3 aromatic heterocycles. The molecule has 0 aromatic carbocycles. The van der Waals surface area contributed by atoms with Crippen LogP contribution >= 0.6 is 12.2 Å². The van der Waals surface area contributed by atoms with Crippen LogP contribution in [0.2, 0.25) is 0 Å². The Kier molecular flexibility index (Phi) is 2.94. The second-order valence-corrected chi connectivity index (χ2v) is 4.69. The minimum absolute atomic E-state index is 0.671. The molecule has 7 nitrogen and oxygen atoms in total. The van der Waals surface area contributed by atoms with Gasteiger partial charge in [-0.25, -0.2) is 0 Å². The minimum atomic E-state index is 0.671. The highest BCUT2D eigenvalue weighted by atomic mass is 32.1. The molecule has 1 N–H and O–H groups in total. The van der Waals surface area contributed by atoms with Crippen molar-refractivity contribution in [3.63, 3.8) is 0 Å². The largest absolute Gasteiger partial charge is 0.343 e. The molecule has 0 aliphatic rings. The summed E-state index contributed by atoms with van der Waals surface area (Å²) in [6, 6.07) is 0. The molecular weight excluding hydrogens is 264 g/mol. The molecule has 0 aliphatic heterocycles. The van der Waals surface area contributed by atoms with Crippen LogP contribution in [0.4, 0.5) is 0 Å². The Hall–Kier alpha value is -1.96. The van der Waals surface area contributed by atoms with E-state index in [1.807, 2.05) is 16.3 Å². The molecule has 0 bridgehead atoms. The molecule has 0 spiro atoms. The smallest absolute Gasteiger partial charge is 0.213 e. The number of nitrogens with one attached hydrogen (secondary N) is 1. The van der Waals surface area contributed by atoms with Crippen molar-refractivity contribution in [3.8, 4) is 0 Å². The van der Waals surface area contributed by atoms with Crippen LogP contribution in [0.5, 0.6) is 0 Å². The van der Waals surface area contributed by atoms with Gasteiger partial charge in [0.15, 0.2) is 16.2 Å². The van der Waals surface area contributed by atoms with Crippen LogP contribution in [0.25, 0.3) is 11.2 Å². The maximum Gasteiger partial charge on any atom is 0.213 e. The lowest BCUT2D eigenvalue weighted by Crippen LogP contribution is -2.06. The van der Waals surface area contributed by atoms with Crippen LogP contribution in [0, 0.1) is 4.77 Å². The van der Waals surface area contributed by atoms with Crippen molar-refractivity contribution >= 4 is 23.4 Å². The predicted molar refractivity (Wildman–Crippen MR) is 71.3 cm³/mol. The molecule has 0 atom stereocenters. The monoisotopic (exact) mass is 278 g/mol. The van der Waals surface area contributed by atoms with Gasteiger partial charge in [0.25, 0.3) is 0 Å². The van der Waals surface area contributed by atoms with E-state index < -0.39 is 0 Å². The molecule has 19 heavy (non-hydrogen) atoms. The van der Waals surface area contributed by atoms with E-state index in [1.165, 1.54) is 6.39 Å². The van der Waals surface area contributed by atoms with Crippen molar-refractivity contribution in [2.24, 2.45) is 7.05 Å². The quantitative estimate of drug-likeness (QED) is 0.734. The maximum absolute atomic E-state index is 5.37. The average molecular weight is 278 g/mol. The number of imidazole rings is 1. The van der Waals surface area contributed by atoms with E-state index in [-0.39, 0.29) is 0 Å². The van der Waals surface area contributed by atoms with Crippen LogP contribution < -0.4 is 0 Å². The number of aromatic amines is 1. The van der Waals surface area contributed by atoms with E-state index in [0.29, 0.717) is 23.6 Å². The first-order valence-corrected chi connectivity index (χ1v) is 6.51. The normalized spacial score (nSPS) is 11.5. The number of H-pyrrole nitrogens is 1. The Bertz CT molecular complexity index is 750. The zero-order valence-corrected chi connectivity index (χ0v) is 11.6. The average Bonchev–Trinajstić information content (AvgIpc) is 3.06. The summed E-state index contributed by atoms with van der Waals surface area (Å²) in [7, 11) is 1.93. The first kappa shape index (κ1) is 12.1. The second-order valence-electron chi connectivity index (χ2n) is 4.30. The van der Waals surface area contributed by atoms with Gasteiger partial charge in [0, 0.05) is 20.0 Å². The highest BCUT2D eigenvalue weighted by Gasteiger charge is 2.14. The summed E-state index contributed by atoms with van der Waals surface area (Å²) in [4.78, 5) is 7.24. The molecule has 100 valence electrons. The number of hydrogen-bond donors (Lipinski definition) is 1. The van der Waals surface area contributed by atoms with Crippen molar-refractivity contribution in [1.82, 2.24) is 29.5 Å². The predicted octanol–water partition coefficient (Wildman–Crippen LogP) is 1.62. The zero-order valence-electron chi connectivity index (χ0n) is 10.8. The lowest BCUT2D eigenvalue weighted by molar-refractivity contribution is 0.408. The van der Waals surface area contributed by atoms with Crippen LogP contribution in [0.3, 0.4) is 0 Å². The van der Waals surface area contributed by atoms with Crippen LogP contribution in [-0.2, 0) is 26.4 Å². The first-order valence-electron chi connectivity index (χ1n) is 6.10. The van der Waals surface area contributed by atoms with Crippen LogP contribution in [0.15, 0.2) is 10.9 Å². The molecule has 0 saturated carbocycles. The lowest BCUT2D eigenvalue weighted by atomic mass is 10.3. The molecule has 0 fully saturated rings. The topological polar surface area (TPSA) is 77.5 Å². The Morgan fingerprint density at radius 3 is 3.00 bits per heavy atom. The lowest BCUT2D eigenvalue weighted by Gasteiger charge is -2.02. The third-order valence-electron chi connectivity index (χ3n) is 3.12. The van der Waals surface area contributed by atoms with Gasteiger partial charge >= 0.3 is 0 Å². The van der Waals surface area contributed by atoms with E-state index in [0.717, 1.165) is 23.3 Å². The second kappa shape index (κ2) is 4.61. The SMILES string of the molecule is CCc1nn(C)c2c1[nH]c(=S)n2CCc1ncon1.